The fourth-order valence-corrected chi connectivity index (χ4v) is 4.41. The Morgan fingerprint density at radius 1 is 1.14 bits per heavy atom. The molecule has 1 aromatic carbocycles. The number of pyridine rings is 1. The number of amides is 2. The molecule has 1 fully saturated rings. The average molecular weight is 506 g/mol. The molecule has 0 bridgehead atoms. The SMILES string of the molecule is C=CC(=O)N1CC[C@@H](c2nc(-c3ccc(C(=O)Nc4cc(C(F)(F)F)ccn4)cc3)c3cnccn23)C1. The van der Waals surface area contributed by atoms with E-state index in [1.807, 2.05) is 10.6 Å². The maximum atomic E-state index is 12.9. The summed E-state index contributed by atoms with van der Waals surface area (Å²) in [5.41, 5.74) is 1.53. The van der Waals surface area contributed by atoms with Gasteiger partial charge in [-0.25, -0.2) is 9.97 Å². The van der Waals surface area contributed by atoms with E-state index >= 15 is 0 Å². The number of fused-ring (bicyclic) bond motifs is 1. The molecule has 2 amide bonds. The van der Waals surface area contributed by atoms with Crippen molar-refractivity contribution in [3.05, 3.63) is 90.8 Å². The lowest BCUT2D eigenvalue weighted by atomic mass is 10.1. The van der Waals surface area contributed by atoms with E-state index < -0.39 is 17.6 Å². The fraction of sp³-hybridized carbons (Fsp3) is 0.192. The number of nitrogens with zero attached hydrogens (tertiary/aromatic N) is 5. The number of nitrogens with one attached hydrogen (secondary N) is 1. The van der Waals surface area contributed by atoms with Crippen molar-refractivity contribution in [3.63, 3.8) is 0 Å². The second-order valence-corrected chi connectivity index (χ2v) is 8.58. The number of anilines is 1. The van der Waals surface area contributed by atoms with Gasteiger partial charge in [0.2, 0.25) is 5.91 Å². The van der Waals surface area contributed by atoms with Crippen molar-refractivity contribution in [2.24, 2.45) is 0 Å². The molecule has 0 spiro atoms. The van der Waals surface area contributed by atoms with Crippen molar-refractivity contribution in [2.75, 3.05) is 18.4 Å². The Hall–Kier alpha value is -4.54. The zero-order valence-electron chi connectivity index (χ0n) is 19.4. The smallest absolute Gasteiger partial charge is 0.338 e. The normalized spacial score (nSPS) is 15.6. The summed E-state index contributed by atoms with van der Waals surface area (Å²) in [6.45, 7) is 4.71. The largest absolute Gasteiger partial charge is 0.416 e. The Balaban J connectivity index is 1.39. The molecule has 0 saturated carbocycles. The first-order chi connectivity index (χ1) is 17.7. The van der Waals surface area contributed by atoms with Crippen molar-refractivity contribution in [3.8, 4) is 11.3 Å². The second-order valence-electron chi connectivity index (χ2n) is 8.58. The molecule has 1 atom stereocenters. The highest BCUT2D eigenvalue weighted by Crippen LogP contribution is 2.33. The van der Waals surface area contributed by atoms with Gasteiger partial charge in [0, 0.05) is 48.7 Å². The number of hydrogen-bond acceptors (Lipinski definition) is 5. The molecule has 5 rings (SSSR count). The van der Waals surface area contributed by atoms with Gasteiger partial charge in [-0.1, -0.05) is 18.7 Å². The lowest BCUT2D eigenvalue weighted by molar-refractivity contribution is -0.137. The first kappa shape index (κ1) is 24.2. The number of carbonyl (C=O) groups excluding carboxylic acids is 2. The Morgan fingerprint density at radius 3 is 2.65 bits per heavy atom. The minimum absolute atomic E-state index is 0.0394. The highest BCUT2D eigenvalue weighted by Gasteiger charge is 2.31. The van der Waals surface area contributed by atoms with Crippen molar-refractivity contribution >= 4 is 23.1 Å². The quantitative estimate of drug-likeness (QED) is 0.401. The van der Waals surface area contributed by atoms with Gasteiger partial charge in [-0.15, -0.1) is 0 Å². The van der Waals surface area contributed by atoms with Crippen molar-refractivity contribution in [1.29, 1.82) is 0 Å². The first-order valence-corrected chi connectivity index (χ1v) is 11.4. The summed E-state index contributed by atoms with van der Waals surface area (Å²) in [5.74, 6) is -0.0465. The average Bonchev–Trinajstić information content (AvgIpc) is 3.53. The minimum Gasteiger partial charge on any atom is -0.338 e. The van der Waals surface area contributed by atoms with Gasteiger partial charge >= 0.3 is 6.18 Å². The van der Waals surface area contributed by atoms with Gasteiger partial charge in [-0.05, 0) is 36.8 Å². The van der Waals surface area contributed by atoms with E-state index in [0.717, 1.165) is 41.7 Å². The Kier molecular flexibility index (Phi) is 6.20. The predicted molar refractivity (Wildman–Crippen MR) is 130 cm³/mol. The van der Waals surface area contributed by atoms with Crippen LogP contribution in [0, 0.1) is 0 Å². The summed E-state index contributed by atoms with van der Waals surface area (Å²) in [7, 11) is 0. The third-order valence-corrected chi connectivity index (χ3v) is 6.26. The summed E-state index contributed by atoms with van der Waals surface area (Å²) >= 11 is 0. The summed E-state index contributed by atoms with van der Waals surface area (Å²) in [4.78, 5) is 39.3. The first-order valence-electron chi connectivity index (χ1n) is 11.4. The van der Waals surface area contributed by atoms with E-state index in [-0.39, 0.29) is 23.2 Å². The second kappa shape index (κ2) is 9.49. The molecule has 4 aromatic rings. The standard InChI is InChI=1S/C26H21F3N6O2/c1-2-22(36)34-11-8-18(15-34)24-33-23(20-14-30-10-12-35(20)24)16-3-5-17(6-4-16)25(37)32-21-13-19(7-9-31-21)26(27,28)29/h2-7,9-10,12-14,18H,1,8,11,15H2,(H,31,32,37)/t18-/m1/s1. The van der Waals surface area contributed by atoms with Crippen LogP contribution in [0.25, 0.3) is 16.8 Å². The van der Waals surface area contributed by atoms with Gasteiger partial charge < -0.3 is 10.2 Å². The van der Waals surface area contributed by atoms with Crippen LogP contribution in [0.2, 0.25) is 0 Å². The number of imidazole rings is 1. The van der Waals surface area contributed by atoms with Gasteiger partial charge in [0.1, 0.15) is 11.6 Å². The van der Waals surface area contributed by atoms with Crippen LogP contribution in [0.3, 0.4) is 0 Å². The topological polar surface area (TPSA) is 92.5 Å². The van der Waals surface area contributed by atoms with Gasteiger partial charge in [0.15, 0.2) is 0 Å². The Morgan fingerprint density at radius 2 is 1.92 bits per heavy atom. The molecular weight excluding hydrogens is 485 g/mol. The van der Waals surface area contributed by atoms with E-state index in [9.17, 15) is 22.8 Å². The van der Waals surface area contributed by atoms with E-state index in [1.54, 1.807) is 41.6 Å². The van der Waals surface area contributed by atoms with Gasteiger partial charge in [-0.2, -0.15) is 13.2 Å². The van der Waals surface area contributed by atoms with Crippen LogP contribution >= 0.6 is 0 Å². The molecule has 0 unspecified atom stereocenters. The van der Waals surface area contributed by atoms with E-state index in [2.05, 4.69) is 21.9 Å². The maximum absolute atomic E-state index is 12.9. The molecule has 1 aliphatic heterocycles. The lowest BCUT2D eigenvalue weighted by Gasteiger charge is -2.13. The number of likely N-dealkylation sites (tertiary alicyclic amines) is 1. The van der Waals surface area contributed by atoms with Crippen LogP contribution in [0.1, 0.15) is 34.1 Å². The summed E-state index contributed by atoms with van der Waals surface area (Å²) in [5, 5.41) is 2.40. The fourth-order valence-electron chi connectivity index (χ4n) is 4.41. The number of rotatable bonds is 5. The van der Waals surface area contributed by atoms with Crippen LogP contribution in [0.15, 0.2) is 73.8 Å². The van der Waals surface area contributed by atoms with E-state index in [4.69, 9.17) is 4.98 Å². The monoisotopic (exact) mass is 506 g/mol. The highest BCUT2D eigenvalue weighted by atomic mass is 19.4. The molecule has 0 radical (unpaired) electrons. The number of alkyl halides is 3. The summed E-state index contributed by atoms with van der Waals surface area (Å²) in [6.07, 6.45) is 3.72. The van der Waals surface area contributed by atoms with Crippen LogP contribution in [0.4, 0.5) is 19.0 Å². The van der Waals surface area contributed by atoms with E-state index in [0.29, 0.717) is 18.8 Å². The number of halogens is 3. The van der Waals surface area contributed by atoms with Crippen LogP contribution in [0.5, 0.6) is 0 Å². The molecule has 37 heavy (non-hydrogen) atoms. The highest BCUT2D eigenvalue weighted by molar-refractivity contribution is 6.04. The molecular formula is C26H21F3N6O2. The zero-order valence-corrected chi connectivity index (χ0v) is 19.4. The lowest BCUT2D eigenvalue weighted by Crippen LogP contribution is -2.26. The molecule has 8 nitrogen and oxygen atoms in total. The molecule has 4 heterocycles. The molecule has 188 valence electrons. The Labute approximate surface area is 209 Å². The van der Waals surface area contributed by atoms with E-state index in [1.165, 1.54) is 6.08 Å². The van der Waals surface area contributed by atoms with Gasteiger partial charge in [0.05, 0.1) is 23.0 Å². The van der Waals surface area contributed by atoms with Crippen LogP contribution in [-0.4, -0.2) is 49.2 Å². The number of aromatic nitrogens is 4. The number of benzene rings is 1. The Bertz CT molecular complexity index is 1500. The van der Waals surface area contributed by atoms with Crippen molar-refractivity contribution in [2.45, 2.75) is 18.5 Å². The van der Waals surface area contributed by atoms with Crippen LogP contribution < -0.4 is 5.32 Å². The molecule has 1 saturated heterocycles. The third kappa shape index (κ3) is 4.80. The number of hydrogen-bond donors (Lipinski definition) is 1. The molecule has 3 aromatic heterocycles. The number of carbonyl (C=O) groups is 2. The van der Waals surface area contributed by atoms with Crippen molar-refractivity contribution < 1.29 is 22.8 Å². The third-order valence-electron chi connectivity index (χ3n) is 6.26. The predicted octanol–water partition coefficient (Wildman–Crippen LogP) is 4.56. The minimum atomic E-state index is -4.54. The summed E-state index contributed by atoms with van der Waals surface area (Å²) in [6, 6.07) is 8.19. The van der Waals surface area contributed by atoms with Gasteiger partial charge in [-0.3, -0.25) is 19.0 Å². The summed E-state index contributed by atoms with van der Waals surface area (Å²) < 4.78 is 40.8. The molecule has 0 aliphatic carbocycles. The van der Waals surface area contributed by atoms with Crippen molar-refractivity contribution in [1.82, 2.24) is 24.3 Å². The zero-order chi connectivity index (χ0) is 26.2. The molecule has 1 aliphatic rings. The van der Waals surface area contributed by atoms with Gasteiger partial charge in [0.25, 0.3) is 5.91 Å². The molecule has 11 heteroatoms. The maximum Gasteiger partial charge on any atom is 0.416 e. The molecule has 1 N–H and O–H groups in total. The van der Waals surface area contributed by atoms with Crippen LogP contribution in [-0.2, 0) is 11.0 Å².